The molecule has 0 bridgehead atoms. The van der Waals surface area contributed by atoms with Crippen LogP contribution >= 0.6 is 0 Å². The van der Waals surface area contributed by atoms with Crippen molar-refractivity contribution >= 4 is 0 Å². The number of alkyl halides is 1. The highest BCUT2D eigenvalue weighted by atomic mass is 19.1. The first-order valence-corrected chi connectivity index (χ1v) is 3.07. The van der Waals surface area contributed by atoms with Gasteiger partial charge in [-0.3, -0.25) is 0 Å². The molecule has 1 nitrogen and oxygen atoms in total. The van der Waals surface area contributed by atoms with Gasteiger partial charge in [0, 0.05) is 6.04 Å². The molecule has 1 unspecified atom stereocenters. The van der Waals surface area contributed by atoms with E-state index in [2.05, 4.69) is 0 Å². The van der Waals surface area contributed by atoms with Crippen LogP contribution in [0.25, 0.3) is 0 Å². The van der Waals surface area contributed by atoms with E-state index in [4.69, 9.17) is 5.73 Å². The van der Waals surface area contributed by atoms with Crippen molar-refractivity contribution in [3.05, 3.63) is 0 Å². The van der Waals surface area contributed by atoms with Crippen molar-refractivity contribution in [2.45, 2.75) is 37.9 Å². The minimum Gasteiger partial charge on any atom is -0.325 e. The van der Waals surface area contributed by atoms with E-state index in [0.717, 1.165) is 12.8 Å². The largest absolute Gasteiger partial charge is 0.325 e. The second-order valence-electron chi connectivity index (χ2n) is 2.78. The first-order valence-electron chi connectivity index (χ1n) is 3.07. The third-order valence-corrected chi connectivity index (χ3v) is 1.95. The molecular formula is C6H12FN. The number of rotatable bonds is 0. The standard InChI is InChI=1S/C6H12FN/c1-6(7)4-2-3-5(6)8/h5H,2-4,8H2,1H3/t5-,6?/m1/s1. The highest BCUT2D eigenvalue weighted by Gasteiger charge is 2.35. The lowest BCUT2D eigenvalue weighted by molar-refractivity contribution is 0.175. The van der Waals surface area contributed by atoms with Gasteiger partial charge in [-0.1, -0.05) is 0 Å². The van der Waals surface area contributed by atoms with E-state index >= 15 is 0 Å². The SMILES string of the molecule is CC1(F)CCC[C@H]1N. The third-order valence-electron chi connectivity index (χ3n) is 1.95. The summed E-state index contributed by atoms with van der Waals surface area (Å²) in [5.74, 6) is 0. The van der Waals surface area contributed by atoms with Crippen LogP contribution < -0.4 is 5.73 Å². The number of hydrogen-bond acceptors (Lipinski definition) is 1. The molecule has 2 heteroatoms. The van der Waals surface area contributed by atoms with Gasteiger partial charge < -0.3 is 5.73 Å². The highest BCUT2D eigenvalue weighted by molar-refractivity contribution is 4.91. The molecule has 2 N–H and O–H groups in total. The zero-order valence-electron chi connectivity index (χ0n) is 5.15. The Kier molecular flexibility index (Phi) is 1.27. The Bertz CT molecular complexity index is 90.5. The number of hydrogen-bond donors (Lipinski definition) is 1. The summed E-state index contributed by atoms with van der Waals surface area (Å²) < 4.78 is 12.9. The Balaban J connectivity index is 2.54. The number of nitrogens with two attached hydrogens (primary N) is 1. The molecule has 1 saturated carbocycles. The molecular weight excluding hydrogens is 105 g/mol. The fourth-order valence-electron chi connectivity index (χ4n) is 1.15. The van der Waals surface area contributed by atoms with Crippen molar-refractivity contribution in [2.75, 3.05) is 0 Å². The van der Waals surface area contributed by atoms with Crippen molar-refractivity contribution in [1.29, 1.82) is 0 Å². The summed E-state index contributed by atoms with van der Waals surface area (Å²) in [6.45, 7) is 1.59. The fourth-order valence-corrected chi connectivity index (χ4v) is 1.15. The first kappa shape index (κ1) is 6.02. The van der Waals surface area contributed by atoms with Gasteiger partial charge in [-0.05, 0) is 26.2 Å². The van der Waals surface area contributed by atoms with Crippen molar-refractivity contribution in [3.63, 3.8) is 0 Å². The zero-order chi connectivity index (χ0) is 6.20. The average Bonchev–Trinajstić information content (AvgIpc) is 1.86. The summed E-state index contributed by atoms with van der Waals surface area (Å²) in [5.41, 5.74) is 4.37. The van der Waals surface area contributed by atoms with E-state index in [1.54, 1.807) is 6.92 Å². The van der Waals surface area contributed by atoms with Gasteiger partial charge >= 0.3 is 0 Å². The molecule has 0 saturated heterocycles. The molecule has 8 heavy (non-hydrogen) atoms. The maximum absolute atomic E-state index is 12.9. The molecule has 0 spiro atoms. The minimum atomic E-state index is -1.07. The van der Waals surface area contributed by atoms with Crippen LogP contribution in [0.5, 0.6) is 0 Å². The highest BCUT2D eigenvalue weighted by Crippen LogP contribution is 2.31. The van der Waals surface area contributed by atoms with E-state index in [-0.39, 0.29) is 6.04 Å². The predicted molar refractivity (Wildman–Crippen MR) is 31.3 cm³/mol. The first-order chi connectivity index (χ1) is 3.63. The Labute approximate surface area is 49.1 Å². The van der Waals surface area contributed by atoms with Gasteiger partial charge in [0.15, 0.2) is 0 Å². The van der Waals surface area contributed by atoms with Crippen LogP contribution in [-0.4, -0.2) is 11.7 Å². The smallest absolute Gasteiger partial charge is 0.123 e. The van der Waals surface area contributed by atoms with Crippen molar-refractivity contribution in [1.82, 2.24) is 0 Å². The van der Waals surface area contributed by atoms with Crippen LogP contribution in [0.2, 0.25) is 0 Å². The topological polar surface area (TPSA) is 26.0 Å². The molecule has 0 aliphatic heterocycles. The Morgan fingerprint density at radius 1 is 1.75 bits per heavy atom. The van der Waals surface area contributed by atoms with E-state index < -0.39 is 5.67 Å². The Hall–Kier alpha value is -0.110. The monoisotopic (exact) mass is 117 g/mol. The normalized spacial score (nSPS) is 47.6. The quantitative estimate of drug-likeness (QED) is 0.507. The third kappa shape index (κ3) is 0.848. The van der Waals surface area contributed by atoms with Gasteiger partial charge in [-0.2, -0.15) is 0 Å². The molecule has 48 valence electrons. The molecule has 1 rings (SSSR count). The molecule has 0 aromatic heterocycles. The van der Waals surface area contributed by atoms with Gasteiger partial charge in [0.25, 0.3) is 0 Å². The lowest BCUT2D eigenvalue weighted by Crippen LogP contribution is -2.36. The van der Waals surface area contributed by atoms with Crippen LogP contribution in [0.15, 0.2) is 0 Å². The molecule has 2 atom stereocenters. The van der Waals surface area contributed by atoms with Crippen LogP contribution in [-0.2, 0) is 0 Å². The zero-order valence-corrected chi connectivity index (χ0v) is 5.15. The van der Waals surface area contributed by atoms with Gasteiger partial charge in [0.05, 0.1) is 0 Å². The summed E-state index contributed by atoms with van der Waals surface area (Å²) in [5, 5.41) is 0. The summed E-state index contributed by atoms with van der Waals surface area (Å²) in [7, 11) is 0. The lowest BCUT2D eigenvalue weighted by Gasteiger charge is -2.17. The van der Waals surface area contributed by atoms with Crippen molar-refractivity contribution in [2.24, 2.45) is 5.73 Å². The van der Waals surface area contributed by atoms with Gasteiger partial charge in [0.2, 0.25) is 0 Å². The summed E-state index contributed by atoms with van der Waals surface area (Å²) in [4.78, 5) is 0. The van der Waals surface area contributed by atoms with Crippen molar-refractivity contribution < 1.29 is 4.39 Å². The van der Waals surface area contributed by atoms with E-state index in [1.165, 1.54) is 0 Å². The van der Waals surface area contributed by atoms with Gasteiger partial charge in [-0.15, -0.1) is 0 Å². The second kappa shape index (κ2) is 1.69. The number of halogens is 1. The molecule has 0 radical (unpaired) electrons. The molecule has 0 aromatic rings. The molecule has 0 aromatic carbocycles. The predicted octanol–water partition coefficient (Wildman–Crippen LogP) is 1.23. The van der Waals surface area contributed by atoms with Gasteiger partial charge in [0.1, 0.15) is 5.67 Å². The Morgan fingerprint density at radius 2 is 2.38 bits per heavy atom. The summed E-state index contributed by atoms with van der Waals surface area (Å²) in [6, 6.07) is -0.206. The molecule has 0 amide bonds. The Morgan fingerprint density at radius 3 is 2.50 bits per heavy atom. The minimum absolute atomic E-state index is 0.206. The lowest BCUT2D eigenvalue weighted by atomic mass is 10.0. The van der Waals surface area contributed by atoms with Crippen LogP contribution in [0.3, 0.4) is 0 Å². The van der Waals surface area contributed by atoms with Crippen molar-refractivity contribution in [3.8, 4) is 0 Å². The van der Waals surface area contributed by atoms with E-state index in [1.807, 2.05) is 0 Å². The van der Waals surface area contributed by atoms with Crippen LogP contribution in [0.4, 0.5) is 4.39 Å². The van der Waals surface area contributed by atoms with Gasteiger partial charge in [-0.25, -0.2) is 4.39 Å². The molecule has 1 aliphatic rings. The van der Waals surface area contributed by atoms with E-state index in [0.29, 0.717) is 6.42 Å². The van der Waals surface area contributed by atoms with E-state index in [9.17, 15) is 4.39 Å². The summed E-state index contributed by atoms with van der Waals surface area (Å²) in [6.07, 6.45) is 2.45. The summed E-state index contributed by atoms with van der Waals surface area (Å²) >= 11 is 0. The average molecular weight is 117 g/mol. The van der Waals surface area contributed by atoms with Crippen LogP contribution in [0.1, 0.15) is 26.2 Å². The van der Waals surface area contributed by atoms with Crippen LogP contribution in [0, 0.1) is 0 Å². The fraction of sp³-hybridized carbons (Fsp3) is 1.00. The maximum atomic E-state index is 12.9. The molecule has 1 aliphatic carbocycles. The second-order valence-corrected chi connectivity index (χ2v) is 2.78. The maximum Gasteiger partial charge on any atom is 0.123 e. The molecule has 0 heterocycles. The molecule has 1 fully saturated rings.